The monoisotopic (exact) mass is 200 g/mol. The first-order chi connectivity index (χ1) is 6.36. The van der Waals surface area contributed by atoms with Gasteiger partial charge in [0, 0.05) is 5.56 Å². The van der Waals surface area contributed by atoms with E-state index in [-0.39, 0.29) is 5.56 Å². The van der Waals surface area contributed by atoms with Gasteiger partial charge in [-0.25, -0.2) is 8.78 Å². The molecule has 0 aliphatic carbocycles. The summed E-state index contributed by atoms with van der Waals surface area (Å²) in [6.07, 6.45) is 0.611. The summed E-state index contributed by atoms with van der Waals surface area (Å²) in [6.45, 7) is 4.72. The fourth-order valence-electron chi connectivity index (χ4n) is 1.29. The van der Waals surface area contributed by atoms with Crippen LogP contribution in [0.1, 0.15) is 31.9 Å². The van der Waals surface area contributed by atoms with Crippen molar-refractivity contribution in [2.75, 3.05) is 0 Å². The van der Waals surface area contributed by atoms with Gasteiger partial charge in [0.15, 0.2) is 11.6 Å². The number of benzene rings is 1. The molecule has 0 heterocycles. The molecule has 1 nitrogen and oxygen atoms in total. The lowest BCUT2D eigenvalue weighted by Crippen LogP contribution is -2.18. The van der Waals surface area contributed by atoms with Gasteiger partial charge in [-0.3, -0.25) is 0 Å². The van der Waals surface area contributed by atoms with Crippen molar-refractivity contribution in [3.63, 3.8) is 0 Å². The van der Waals surface area contributed by atoms with E-state index in [0.717, 1.165) is 6.07 Å². The highest BCUT2D eigenvalue weighted by atomic mass is 19.2. The minimum atomic E-state index is -1.35. The molecule has 78 valence electrons. The molecular formula is C11H14F2O. The normalized spacial score (nSPS) is 11.9. The third-order valence-corrected chi connectivity index (χ3v) is 2.16. The Balaban J connectivity index is 3.35. The highest BCUT2D eigenvalue weighted by Crippen LogP contribution is 2.26. The Bertz CT molecular complexity index is 340. The maximum Gasteiger partial charge on any atom is 0.164 e. The van der Waals surface area contributed by atoms with Gasteiger partial charge in [-0.05, 0) is 38.0 Å². The topological polar surface area (TPSA) is 20.2 Å². The summed E-state index contributed by atoms with van der Waals surface area (Å²) in [5, 5.41) is 9.61. The predicted molar refractivity (Wildman–Crippen MR) is 51.0 cm³/mol. The number of hydrogen-bond acceptors (Lipinski definition) is 1. The first-order valence-corrected chi connectivity index (χ1v) is 4.57. The van der Waals surface area contributed by atoms with E-state index in [4.69, 9.17) is 0 Å². The molecule has 1 N–H and O–H groups in total. The Kier molecular flexibility index (Phi) is 2.90. The van der Waals surface area contributed by atoms with Crippen LogP contribution in [0.3, 0.4) is 0 Å². The number of rotatable bonds is 2. The van der Waals surface area contributed by atoms with Crippen LogP contribution < -0.4 is 0 Å². The second kappa shape index (κ2) is 3.65. The van der Waals surface area contributed by atoms with Crippen molar-refractivity contribution < 1.29 is 13.9 Å². The van der Waals surface area contributed by atoms with Gasteiger partial charge >= 0.3 is 0 Å². The first-order valence-electron chi connectivity index (χ1n) is 4.57. The third-order valence-electron chi connectivity index (χ3n) is 2.16. The van der Waals surface area contributed by atoms with Crippen molar-refractivity contribution in [2.24, 2.45) is 0 Å². The summed E-state index contributed by atoms with van der Waals surface area (Å²) >= 11 is 0. The van der Waals surface area contributed by atoms with E-state index in [0.29, 0.717) is 12.0 Å². The van der Waals surface area contributed by atoms with Crippen LogP contribution in [0.4, 0.5) is 8.78 Å². The molecule has 0 atom stereocenters. The van der Waals surface area contributed by atoms with E-state index >= 15 is 0 Å². The van der Waals surface area contributed by atoms with E-state index in [1.165, 1.54) is 19.9 Å². The fourth-order valence-corrected chi connectivity index (χ4v) is 1.29. The molecule has 0 aliphatic heterocycles. The van der Waals surface area contributed by atoms with Gasteiger partial charge in [-0.1, -0.05) is 6.92 Å². The Morgan fingerprint density at radius 2 is 1.86 bits per heavy atom. The van der Waals surface area contributed by atoms with E-state index < -0.39 is 17.2 Å². The van der Waals surface area contributed by atoms with Gasteiger partial charge in [0.1, 0.15) is 0 Å². The predicted octanol–water partition coefficient (Wildman–Crippen LogP) is 2.75. The molecule has 0 bridgehead atoms. The lowest BCUT2D eigenvalue weighted by atomic mass is 9.95. The molecule has 0 radical (unpaired) electrons. The second-order valence-electron chi connectivity index (χ2n) is 3.85. The summed E-state index contributed by atoms with van der Waals surface area (Å²) in [6, 6.07) is 2.66. The van der Waals surface area contributed by atoms with Crippen molar-refractivity contribution in [3.8, 4) is 0 Å². The molecule has 0 saturated heterocycles. The molecular weight excluding hydrogens is 186 g/mol. The minimum Gasteiger partial charge on any atom is -0.386 e. The average molecular weight is 200 g/mol. The summed E-state index contributed by atoms with van der Waals surface area (Å²) < 4.78 is 26.3. The second-order valence-corrected chi connectivity index (χ2v) is 3.85. The van der Waals surface area contributed by atoms with Gasteiger partial charge in [0.05, 0.1) is 5.60 Å². The van der Waals surface area contributed by atoms with Gasteiger partial charge in [0.25, 0.3) is 0 Å². The lowest BCUT2D eigenvalue weighted by Gasteiger charge is -2.19. The molecule has 1 aromatic carbocycles. The van der Waals surface area contributed by atoms with Crippen LogP contribution in [0.15, 0.2) is 12.1 Å². The molecule has 0 amide bonds. The summed E-state index contributed by atoms with van der Waals surface area (Å²) in [5.74, 6) is -1.86. The van der Waals surface area contributed by atoms with Crippen LogP contribution in [0.25, 0.3) is 0 Å². The third kappa shape index (κ3) is 2.10. The molecule has 1 aromatic rings. The fraction of sp³-hybridized carbons (Fsp3) is 0.455. The van der Waals surface area contributed by atoms with Crippen molar-refractivity contribution in [2.45, 2.75) is 32.8 Å². The maximum absolute atomic E-state index is 13.3. The number of aryl methyl sites for hydroxylation is 1. The zero-order valence-electron chi connectivity index (χ0n) is 8.56. The van der Waals surface area contributed by atoms with Crippen molar-refractivity contribution >= 4 is 0 Å². The first kappa shape index (κ1) is 11.1. The quantitative estimate of drug-likeness (QED) is 0.778. The van der Waals surface area contributed by atoms with Crippen molar-refractivity contribution in [1.29, 1.82) is 0 Å². The van der Waals surface area contributed by atoms with Crippen LogP contribution in [0.5, 0.6) is 0 Å². The average Bonchev–Trinajstić information content (AvgIpc) is 2.07. The highest BCUT2D eigenvalue weighted by Gasteiger charge is 2.23. The smallest absolute Gasteiger partial charge is 0.164 e. The Morgan fingerprint density at radius 1 is 1.29 bits per heavy atom. The number of halogens is 2. The van der Waals surface area contributed by atoms with E-state index in [2.05, 4.69) is 0 Å². The Hall–Kier alpha value is -0.960. The van der Waals surface area contributed by atoms with Crippen molar-refractivity contribution in [3.05, 3.63) is 34.9 Å². The van der Waals surface area contributed by atoms with Crippen LogP contribution in [0, 0.1) is 11.6 Å². The van der Waals surface area contributed by atoms with Crippen LogP contribution in [-0.2, 0) is 12.0 Å². The molecule has 0 aromatic heterocycles. The van der Waals surface area contributed by atoms with Crippen LogP contribution in [0.2, 0.25) is 0 Å². The van der Waals surface area contributed by atoms with E-state index in [1.807, 2.05) is 6.92 Å². The number of hydrogen-bond donors (Lipinski definition) is 1. The number of aliphatic hydroxyl groups is 1. The van der Waals surface area contributed by atoms with Gasteiger partial charge in [-0.15, -0.1) is 0 Å². The van der Waals surface area contributed by atoms with Crippen LogP contribution in [-0.4, -0.2) is 5.11 Å². The minimum absolute atomic E-state index is 0.00866. The van der Waals surface area contributed by atoms with Gasteiger partial charge in [0.2, 0.25) is 0 Å². The largest absolute Gasteiger partial charge is 0.386 e. The Morgan fingerprint density at radius 3 is 2.29 bits per heavy atom. The molecule has 0 fully saturated rings. The zero-order chi connectivity index (χ0) is 10.9. The van der Waals surface area contributed by atoms with E-state index in [9.17, 15) is 13.9 Å². The summed E-state index contributed by atoms with van der Waals surface area (Å²) in [5.41, 5.74) is -0.661. The van der Waals surface area contributed by atoms with E-state index in [1.54, 1.807) is 0 Å². The molecule has 0 unspecified atom stereocenters. The highest BCUT2D eigenvalue weighted by molar-refractivity contribution is 5.30. The molecule has 3 heteroatoms. The Labute approximate surface area is 82.4 Å². The molecule has 14 heavy (non-hydrogen) atoms. The van der Waals surface area contributed by atoms with Crippen LogP contribution >= 0.6 is 0 Å². The van der Waals surface area contributed by atoms with Crippen molar-refractivity contribution in [1.82, 2.24) is 0 Å². The molecule has 0 saturated carbocycles. The summed E-state index contributed by atoms with van der Waals surface area (Å²) in [4.78, 5) is 0. The SMILES string of the molecule is CCc1cc(F)c(F)c(C(C)(C)O)c1. The standard InChI is InChI=1S/C11H14F2O/c1-4-7-5-8(11(2,3)14)10(13)9(12)6-7/h5-6,14H,4H2,1-3H3. The zero-order valence-corrected chi connectivity index (χ0v) is 8.56. The lowest BCUT2D eigenvalue weighted by molar-refractivity contribution is 0.0736. The van der Waals surface area contributed by atoms with Gasteiger partial charge in [-0.2, -0.15) is 0 Å². The molecule has 0 spiro atoms. The summed E-state index contributed by atoms with van der Waals surface area (Å²) in [7, 11) is 0. The maximum atomic E-state index is 13.3. The van der Waals surface area contributed by atoms with Gasteiger partial charge < -0.3 is 5.11 Å². The molecule has 0 aliphatic rings. The molecule has 1 rings (SSSR count).